The quantitative estimate of drug-likeness (QED) is 0.532. The van der Waals surface area contributed by atoms with Crippen LogP contribution in [-0.2, 0) is 16.9 Å². The Hall–Kier alpha value is -2.52. The van der Waals surface area contributed by atoms with Gasteiger partial charge in [-0.2, -0.15) is 5.10 Å². The van der Waals surface area contributed by atoms with Crippen LogP contribution in [0, 0.1) is 0 Å². The number of aliphatic hydroxyl groups is 1. The third-order valence-electron chi connectivity index (χ3n) is 6.92. The molecular formula is C23H33N5O3S. The first-order valence-electron chi connectivity index (χ1n) is 10.8. The predicted octanol–water partition coefficient (Wildman–Crippen LogP) is 3.07. The summed E-state index contributed by atoms with van der Waals surface area (Å²) in [6.45, 7) is 4.01. The van der Waals surface area contributed by atoms with E-state index in [1.807, 2.05) is 44.2 Å². The van der Waals surface area contributed by atoms with E-state index < -0.39 is 21.6 Å². The number of anilines is 1. The molecular weight excluding hydrogens is 426 g/mol. The third-order valence-corrected chi connectivity index (χ3v) is 9.86. The number of nitrogens with one attached hydrogen (secondary N) is 3. The zero-order valence-electron chi connectivity index (χ0n) is 19.4. The van der Waals surface area contributed by atoms with Crippen molar-refractivity contribution in [1.29, 1.82) is 0 Å². The van der Waals surface area contributed by atoms with Gasteiger partial charge in [0.25, 0.3) is 0 Å². The fourth-order valence-corrected chi connectivity index (χ4v) is 6.48. The molecule has 3 amide bonds. The first-order chi connectivity index (χ1) is 15.0. The van der Waals surface area contributed by atoms with Crippen LogP contribution in [0.15, 0.2) is 30.3 Å². The van der Waals surface area contributed by atoms with Crippen molar-refractivity contribution < 1.29 is 14.7 Å². The van der Waals surface area contributed by atoms with Crippen molar-refractivity contribution in [2.24, 2.45) is 0 Å². The van der Waals surface area contributed by atoms with E-state index >= 15 is 0 Å². The highest BCUT2D eigenvalue weighted by atomic mass is 32.3. The van der Waals surface area contributed by atoms with E-state index in [1.54, 1.807) is 4.90 Å². The fraction of sp³-hybridized carbons (Fsp3) is 0.522. The van der Waals surface area contributed by atoms with Crippen LogP contribution < -0.4 is 10.6 Å². The Kier molecular flexibility index (Phi) is 5.53. The van der Waals surface area contributed by atoms with E-state index in [9.17, 15) is 14.7 Å². The van der Waals surface area contributed by atoms with Gasteiger partial charge in [-0.05, 0) is 51.0 Å². The summed E-state index contributed by atoms with van der Waals surface area (Å²) >= 11 is 0. The summed E-state index contributed by atoms with van der Waals surface area (Å²) in [5.74, 6) is 0.532. The number of amides is 3. The molecule has 8 nitrogen and oxygen atoms in total. The molecule has 1 fully saturated rings. The van der Waals surface area contributed by atoms with Crippen molar-refractivity contribution in [2.75, 3.05) is 30.7 Å². The number of aromatic amines is 1. The van der Waals surface area contributed by atoms with Crippen molar-refractivity contribution in [2.45, 2.75) is 49.6 Å². The highest BCUT2D eigenvalue weighted by molar-refractivity contribution is 8.34. The highest BCUT2D eigenvalue weighted by Gasteiger charge is 2.56. The van der Waals surface area contributed by atoms with Gasteiger partial charge in [-0.3, -0.25) is 9.89 Å². The van der Waals surface area contributed by atoms with Gasteiger partial charge in [0.15, 0.2) is 5.82 Å². The standard InChI is InChI=1S/C23H33N5O3S/c1-22(2)18-16(19(27-26-18)25-20(30)23(11-12-23)32(3,4)5)13-28(22)21(31)24-17(14-29)15-9-7-6-8-10-15/h6-10,17,29H,11-14H2,1-5H3,(H,24,31)(H2,25,26,27,30)/t17-/m1/s1. The molecule has 1 aliphatic carbocycles. The van der Waals surface area contributed by atoms with E-state index in [1.165, 1.54) is 0 Å². The molecule has 0 unspecified atom stereocenters. The molecule has 1 aromatic heterocycles. The molecule has 4 N–H and O–H groups in total. The minimum atomic E-state index is -1.05. The number of nitrogens with zero attached hydrogens (tertiary/aromatic N) is 2. The largest absolute Gasteiger partial charge is 0.394 e. The Labute approximate surface area is 190 Å². The molecule has 4 rings (SSSR count). The first kappa shape index (κ1) is 22.7. The number of aromatic nitrogens is 2. The maximum Gasteiger partial charge on any atom is 0.319 e. The topological polar surface area (TPSA) is 110 Å². The van der Waals surface area contributed by atoms with Crippen LogP contribution in [0.1, 0.15) is 49.6 Å². The summed E-state index contributed by atoms with van der Waals surface area (Å²) in [5.41, 5.74) is 1.85. The van der Waals surface area contributed by atoms with Crippen LogP contribution >= 0.6 is 10.0 Å². The Morgan fingerprint density at radius 3 is 2.44 bits per heavy atom. The van der Waals surface area contributed by atoms with Crippen LogP contribution in [-0.4, -0.2) is 62.3 Å². The number of rotatable bonds is 6. The molecule has 0 bridgehead atoms. The summed E-state index contributed by atoms with van der Waals surface area (Å²) in [7, 11) is -1.05. The lowest BCUT2D eigenvalue weighted by molar-refractivity contribution is -0.116. The molecule has 1 saturated carbocycles. The number of carbonyl (C=O) groups is 2. The molecule has 2 aromatic rings. The lowest BCUT2D eigenvalue weighted by Gasteiger charge is -2.35. The molecule has 9 heteroatoms. The summed E-state index contributed by atoms with van der Waals surface area (Å²) in [6.07, 6.45) is 8.34. The number of benzene rings is 1. The summed E-state index contributed by atoms with van der Waals surface area (Å²) < 4.78 is -0.284. The van der Waals surface area contributed by atoms with Gasteiger partial charge in [-0.1, -0.05) is 30.3 Å². The minimum Gasteiger partial charge on any atom is -0.394 e. The van der Waals surface area contributed by atoms with Crippen LogP contribution in [0.25, 0.3) is 0 Å². The zero-order chi connectivity index (χ0) is 23.3. The van der Waals surface area contributed by atoms with E-state index in [0.717, 1.165) is 29.7 Å². The summed E-state index contributed by atoms with van der Waals surface area (Å²) in [6, 6.07) is 8.62. The van der Waals surface area contributed by atoms with Crippen LogP contribution in [0.4, 0.5) is 10.6 Å². The maximum absolute atomic E-state index is 13.2. The van der Waals surface area contributed by atoms with Gasteiger partial charge in [0.05, 0.1) is 35.2 Å². The van der Waals surface area contributed by atoms with Crippen molar-refractivity contribution in [3.8, 4) is 0 Å². The minimum absolute atomic E-state index is 0.0272. The average Bonchev–Trinajstić information content (AvgIpc) is 3.41. The van der Waals surface area contributed by atoms with Gasteiger partial charge in [0.2, 0.25) is 5.91 Å². The summed E-state index contributed by atoms with van der Waals surface area (Å²) in [5, 5.41) is 23.2. The van der Waals surface area contributed by atoms with Gasteiger partial charge in [-0.25, -0.2) is 14.8 Å². The molecule has 1 atom stereocenters. The first-order valence-corrected chi connectivity index (χ1v) is 13.7. The second-order valence-corrected chi connectivity index (χ2v) is 14.4. The van der Waals surface area contributed by atoms with E-state index in [-0.39, 0.29) is 23.3 Å². The molecule has 32 heavy (non-hydrogen) atoms. The molecule has 1 aliphatic heterocycles. The number of fused-ring (bicyclic) bond motifs is 1. The molecule has 0 spiro atoms. The molecule has 174 valence electrons. The van der Waals surface area contributed by atoms with Gasteiger partial charge in [0, 0.05) is 5.56 Å². The second-order valence-electron chi connectivity index (χ2n) is 9.95. The summed E-state index contributed by atoms with van der Waals surface area (Å²) in [4.78, 5) is 28.0. The monoisotopic (exact) mass is 459 g/mol. The van der Waals surface area contributed by atoms with E-state index in [4.69, 9.17) is 0 Å². The highest BCUT2D eigenvalue weighted by Crippen LogP contribution is 2.64. The normalized spacial score (nSPS) is 19.8. The number of H-pyrrole nitrogens is 1. The molecule has 1 aromatic carbocycles. The molecule has 2 heterocycles. The van der Waals surface area contributed by atoms with Crippen LogP contribution in [0.3, 0.4) is 0 Å². The number of urea groups is 1. The van der Waals surface area contributed by atoms with Gasteiger partial charge < -0.3 is 20.6 Å². The van der Waals surface area contributed by atoms with Crippen molar-refractivity contribution in [1.82, 2.24) is 20.4 Å². The molecule has 2 aliphatic rings. The average molecular weight is 460 g/mol. The number of aliphatic hydroxyl groups excluding tert-OH is 1. The lowest BCUT2D eigenvalue weighted by Crippen LogP contribution is -2.47. The second kappa shape index (κ2) is 7.81. The maximum atomic E-state index is 13.2. The molecule has 0 radical (unpaired) electrons. The van der Waals surface area contributed by atoms with Crippen LogP contribution in [0.2, 0.25) is 0 Å². The number of hydrogen-bond acceptors (Lipinski definition) is 4. The van der Waals surface area contributed by atoms with Gasteiger partial charge >= 0.3 is 6.03 Å². The van der Waals surface area contributed by atoms with Crippen molar-refractivity contribution in [3.05, 3.63) is 47.2 Å². The third kappa shape index (κ3) is 3.67. The predicted molar refractivity (Wildman–Crippen MR) is 128 cm³/mol. The SMILES string of the molecule is CC1(C)c2[nH]nc(NC(=O)C3(S(C)(C)C)CC3)c2CN1C(=O)N[C@H](CO)c1ccccc1. The van der Waals surface area contributed by atoms with Crippen LogP contribution in [0.5, 0.6) is 0 Å². The molecule has 0 saturated heterocycles. The number of carbonyl (C=O) groups excluding carboxylic acids is 2. The van der Waals surface area contributed by atoms with Gasteiger partial charge in [-0.15, -0.1) is 0 Å². The Balaban J connectivity index is 1.51. The van der Waals surface area contributed by atoms with Crippen molar-refractivity contribution in [3.63, 3.8) is 0 Å². The lowest BCUT2D eigenvalue weighted by atomic mass is 10.0. The van der Waals surface area contributed by atoms with Crippen molar-refractivity contribution >= 4 is 27.8 Å². The fourth-order valence-electron chi connectivity index (χ4n) is 4.54. The smallest absolute Gasteiger partial charge is 0.319 e. The Morgan fingerprint density at radius 1 is 1.22 bits per heavy atom. The van der Waals surface area contributed by atoms with Gasteiger partial charge in [0.1, 0.15) is 0 Å². The zero-order valence-corrected chi connectivity index (χ0v) is 20.2. The number of hydrogen-bond donors (Lipinski definition) is 4. The Bertz CT molecular complexity index is 1020. The van der Waals surface area contributed by atoms with E-state index in [2.05, 4.69) is 39.6 Å². The van der Waals surface area contributed by atoms with E-state index in [0.29, 0.717) is 12.4 Å². The Morgan fingerprint density at radius 2 is 1.88 bits per heavy atom.